The number of esters is 2. The Balaban J connectivity index is 0.000000270. The van der Waals surface area contributed by atoms with E-state index in [1.54, 1.807) is 0 Å². The van der Waals surface area contributed by atoms with E-state index in [2.05, 4.69) is 49.9 Å². The van der Waals surface area contributed by atoms with Crippen LogP contribution in [0.2, 0.25) is 0 Å². The number of likely N-dealkylation sites (tertiary alicyclic amines) is 1. The first kappa shape index (κ1) is 54.4. The number of carbonyl (C=O) groups is 6. The van der Waals surface area contributed by atoms with Crippen molar-refractivity contribution in [3.05, 3.63) is 108 Å². The Morgan fingerprint density at radius 2 is 1.26 bits per heavy atom. The molecule has 0 bridgehead atoms. The molecule has 1 unspecified atom stereocenters. The molecule has 0 aliphatic carbocycles. The molecule has 13 heteroatoms. The van der Waals surface area contributed by atoms with E-state index in [0.717, 1.165) is 43.4 Å². The summed E-state index contributed by atoms with van der Waals surface area (Å²) in [5.41, 5.74) is 3.26. The van der Waals surface area contributed by atoms with Crippen molar-refractivity contribution in [1.29, 1.82) is 0 Å². The van der Waals surface area contributed by atoms with Gasteiger partial charge >= 0.3 is 18.0 Å². The van der Waals surface area contributed by atoms with E-state index in [0.29, 0.717) is 63.1 Å². The molecule has 3 amide bonds. The summed E-state index contributed by atoms with van der Waals surface area (Å²) >= 11 is 0. The molecule has 0 aromatic heterocycles. The zero-order valence-corrected chi connectivity index (χ0v) is 42.4. The van der Waals surface area contributed by atoms with Gasteiger partial charge in [0.05, 0.1) is 20.3 Å². The van der Waals surface area contributed by atoms with E-state index >= 15 is 0 Å². The van der Waals surface area contributed by atoms with Crippen molar-refractivity contribution in [2.45, 2.75) is 143 Å². The Morgan fingerprint density at radius 3 is 1.84 bits per heavy atom. The zero-order valence-electron chi connectivity index (χ0n) is 42.4. The fourth-order valence-electron chi connectivity index (χ4n) is 10.1. The number of aryl methyl sites for hydroxylation is 2. The molecule has 0 N–H and O–H groups in total. The summed E-state index contributed by atoms with van der Waals surface area (Å²) in [6.45, 7) is 14.5. The molecule has 3 heterocycles. The first-order valence-corrected chi connectivity index (χ1v) is 25.2. The molecular formula is C56H78N4O9. The summed E-state index contributed by atoms with van der Waals surface area (Å²) in [6.07, 6.45) is 5.85. The maximum atomic E-state index is 14.1. The van der Waals surface area contributed by atoms with Gasteiger partial charge in [0.15, 0.2) is 0 Å². The second-order valence-corrected chi connectivity index (χ2v) is 20.2. The second-order valence-electron chi connectivity index (χ2n) is 20.2. The van der Waals surface area contributed by atoms with Gasteiger partial charge in [-0.15, -0.1) is 0 Å². The van der Waals surface area contributed by atoms with E-state index in [4.69, 9.17) is 14.2 Å². The van der Waals surface area contributed by atoms with Crippen LogP contribution >= 0.6 is 0 Å². The highest BCUT2D eigenvalue weighted by atomic mass is 16.6. The Kier molecular flexibility index (Phi) is 21.3. The lowest BCUT2D eigenvalue weighted by Gasteiger charge is -2.35. The van der Waals surface area contributed by atoms with Gasteiger partial charge in [0, 0.05) is 45.1 Å². The summed E-state index contributed by atoms with van der Waals surface area (Å²) in [6, 6.07) is 27.8. The molecule has 0 saturated carbocycles. The SMILES string of the molecule is COC(=O)[C@@H](CC(C)C)N(CCC(=O)CCc1ccccc1)C(=O)[C@@H]1C[C@@H](C)CN1C(=O)OCc1ccccc1.COC(=O)[C@@H](CC(C)C)N1CCC(CCc2ccccc2)N2C[C@H](C)C[C@H]2C1=O. The lowest BCUT2D eigenvalue weighted by atomic mass is 9.99. The van der Waals surface area contributed by atoms with Gasteiger partial charge in [-0.1, -0.05) is 133 Å². The van der Waals surface area contributed by atoms with Crippen LogP contribution in [0, 0.1) is 23.7 Å². The molecule has 7 atom stereocenters. The van der Waals surface area contributed by atoms with Crippen LogP contribution in [0.4, 0.5) is 4.79 Å². The van der Waals surface area contributed by atoms with Crippen LogP contribution in [0.25, 0.3) is 0 Å². The number of benzene rings is 3. The molecule has 3 aliphatic rings. The van der Waals surface area contributed by atoms with E-state index in [9.17, 15) is 28.8 Å². The van der Waals surface area contributed by atoms with E-state index in [-0.39, 0.29) is 61.0 Å². The summed E-state index contributed by atoms with van der Waals surface area (Å²) in [4.78, 5) is 86.2. The van der Waals surface area contributed by atoms with Crippen LogP contribution in [0.5, 0.6) is 0 Å². The monoisotopic (exact) mass is 951 g/mol. The maximum absolute atomic E-state index is 14.1. The van der Waals surface area contributed by atoms with Crippen molar-refractivity contribution >= 4 is 35.6 Å². The topological polar surface area (TPSA) is 143 Å². The lowest BCUT2D eigenvalue weighted by Crippen LogP contribution is -2.54. The smallest absolute Gasteiger partial charge is 0.410 e. The van der Waals surface area contributed by atoms with Crippen molar-refractivity contribution in [3.63, 3.8) is 0 Å². The molecule has 3 aromatic rings. The fourth-order valence-corrected chi connectivity index (χ4v) is 10.1. The molecule has 3 saturated heterocycles. The first-order chi connectivity index (χ1) is 33.1. The highest BCUT2D eigenvalue weighted by Gasteiger charge is 2.46. The molecule has 13 nitrogen and oxygen atoms in total. The van der Waals surface area contributed by atoms with E-state index < -0.39 is 30.2 Å². The van der Waals surface area contributed by atoms with Crippen molar-refractivity contribution in [2.24, 2.45) is 23.7 Å². The molecule has 69 heavy (non-hydrogen) atoms. The minimum absolute atomic E-state index is 0.00809. The maximum Gasteiger partial charge on any atom is 0.410 e. The minimum atomic E-state index is -0.850. The van der Waals surface area contributed by atoms with Crippen LogP contribution in [-0.4, -0.2) is 126 Å². The number of amides is 3. The molecule has 3 aliphatic heterocycles. The lowest BCUT2D eigenvalue weighted by molar-refractivity contribution is -0.155. The van der Waals surface area contributed by atoms with Gasteiger partial charge in [-0.3, -0.25) is 24.2 Å². The van der Waals surface area contributed by atoms with Gasteiger partial charge < -0.3 is 24.0 Å². The number of fused-ring (bicyclic) bond motifs is 1. The van der Waals surface area contributed by atoms with Gasteiger partial charge in [-0.2, -0.15) is 0 Å². The van der Waals surface area contributed by atoms with Gasteiger partial charge in [-0.25, -0.2) is 14.4 Å². The van der Waals surface area contributed by atoms with Gasteiger partial charge in [0.2, 0.25) is 11.8 Å². The summed E-state index contributed by atoms with van der Waals surface area (Å²) in [5, 5.41) is 0. The van der Waals surface area contributed by atoms with Gasteiger partial charge in [0.1, 0.15) is 30.5 Å². The molecule has 376 valence electrons. The fraction of sp³-hybridized carbons (Fsp3) is 0.571. The zero-order chi connectivity index (χ0) is 50.0. The third-order valence-electron chi connectivity index (χ3n) is 13.7. The number of carbonyl (C=O) groups excluding carboxylic acids is 6. The third-order valence-corrected chi connectivity index (χ3v) is 13.7. The van der Waals surface area contributed by atoms with Crippen LogP contribution in [0.15, 0.2) is 91.0 Å². The van der Waals surface area contributed by atoms with Crippen LogP contribution < -0.4 is 0 Å². The molecule has 3 aromatic carbocycles. The molecular weight excluding hydrogens is 873 g/mol. The number of ketones is 1. The van der Waals surface area contributed by atoms with Crippen molar-refractivity contribution in [2.75, 3.05) is 40.4 Å². The predicted octanol–water partition coefficient (Wildman–Crippen LogP) is 8.56. The standard InChI is InChI=1S/C32H42N2O6.C24H36N2O3/c1-23(2)19-29(31(37)39-4)33(18-17-27(35)16-15-25-11-7-5-8-12-25)30(36)28-20-24(3)21-34(28)32(38)40-22-26-13-9-6-10-14-26;1-17(2)14-22(24(28)29-4)25-13-12-20(11-10-19-8-6-5-7-9-19)26-16-18(3)15-21(26)23(25)27/h5-14,23-24,28-29H,15-22H2,1-4H3;5-9,17-18,20-22H,10-16H2,1-4H3/t24-,28+,29-;18-,20?,21+,22-/m11/s1. The average Bonchev–Trinajstić information content (AvgIpc) is 3.92. The predicted molar refractivity (Wildman–Crippen MR) is 267 cm³/mol. The Hall–Kier alpha value is -5.56. The highest BCUT2D eigenvalue weighted by Crippen LogP contribution is 2.34. The quantitative estimate of drug-likeness (QED) is 0.0799. The number of hydrogen-bond donors (Lipinski definition) is 0. The van der Waals surface area contributed by atoms with Crippen LogP contribution in [0.1, 0.15) is 110 Å². The number of nitrogens with zero attached hydrogens (tertiary/aromatic N) is 4. The number of methoxy groups -OCH3 is 2. The van der Waals surface area contributed by atoms with Gasteiger partial charge in [-0.05, 0) is 91.7 Å². The number of hydrogen-bond acceptors (Lipinski definition) is 10. The average molecular weight is 951 g/mol. The van der Waals surface area contributed by atoms with E-state index in [1.807, 2.05) is 92.4 Å². The van der Waals surface area contributed by atoms with Crippen molar-refractivity contribution < 1.29 is 43.0 Å². The summed E-state index contributed by atoms with van der Waals surface area (Å²) < 4.78 is 15.7. The van der Waals surface area contributed by atoms with Crippen LogP contribution in [0.3, 0.4) is 0 Å². The first-order valence-electron chi connectivity index (χ1n) is 25.2. The van der Waals surface area contributed by atoms with Crippen molar-refractivity contribution in [3.8, 4) is 0 Å². The Labute approximate surface area is 411 Å². The Bertz CT molecular complexity index is 2100. The minimum Gasteiger partial charge on any atom is -0.467 e. The summed E-state index contributed by atoms with van der Waals surface area (Å²) in [5.74, 6) is -0.0333. The van der Waals surface area contributed by atoms with Crippen LogP contribution in [-0.2, 0) is 57.6 Å². The molecule has 6 rings (SSSR count). The second kappa shape index (κ2) is 27.0. The highest BCUT2D eigenvalue weighted by molar-refractivity contribution is 5.91. The van der Waals surface area contributed by atoms with E-state index in [1.165, 1.54) is 29.6 Å². The largest absolute Gasteiger partial charge is 0.467 e. The summed E-state index contributed by atoms with van der Waals surface area (Å²) in [7, 11) is 2.72. The molecule has 0 radical (unpaired) electrons. The van der Waals surface area contributed by atoms with Gasteiger partial charge in [0.25, 0.3) is 0 Å². The normalized spacial score (nSPS) is 21.1. The molecule has 0 spiro atoms. The molecule has 3 fully saturated rings. The number of Topliss-reactive ketones (excluding diaryl/α,β-unsaturated/α-hetero) is 1. The number of rotatable bonds is 20. The van der Waals surface area contributed by atoms with Crippen molar-refractivity contribution in [1.82, 2.24) is 19.6 Å². The third kappa shape index (κ3) is 16.0. The number of ether oxygens (including phenoxy) is 3. The Morgan fingerprint density at radius 1 is 0.696 bits per heavy atom.